The third kappa shape index (κ3) is 5.01. The van der Waals surface area contributed by atoms with Gasteiger partial charge in [0.05, 0.1) is 11.3 Å². The van der Waals surface area contributed by atoms with Crippen LogP contribution in [0.25, 0.3) is 17.1 Å². The first kappa shape index (κ1) is 21.2. The summed E-state index contributed by atoms with van der Waals surface area (Å²) in [6.07, 6.45) is 1.30. The van der Waals surface area contributed by atoms with Gasteiger partial charge in [0.25, 0.3) is 5.91 Å². The molecule has 0 saturated carbocycles. The summed E-state index contributed by atoms with van der Waals surface area (Å²) in [5.74, 6) is -1.22. The van der Waals surface area contributed by atoms with E-state index in [1.165, 1.54) is 18.4 Å². The van der Waals surface area contributed by atoms with Crippen LogP contribution in [-0.2, 0) is 14.3 Å². The summed E-state index contributed by atoms with van der Waals surface area (Å²) >= 11 is 1.06. The Kier molecular flexibility index (Phi) is 6.56. The third-order valence-electron chi connectivity index (χ3n) is 4.15. The maximum Gasteiger partial charge on any atom is 0.316 e. The normalized spacial score (nSPS) is 10.7. The fourth-order valence-corrected chi connectivity index (χ4v) is 3.51. The first-order chi connectivity index (χ1) is 15.6. The van der Waals surface area contributed by atoms with E-state index in [2.05, 4.69) is 25.2 Å². The van der Waals surface area contributed by atoms with E-state index >= 15 is 0 Å². The first-order valence-electron chi connectivity index (χ1n) is 9.36. The lowest BCUT2D eigenvalue weighted by Gasteiger charge is -2.10. The van der Waals surface area contributed by atoms with Gasteiger partial charge in [-0.15, -0.1) is 10.2 Å². The minimum atomic E-state index is -0.625. The van der Waals surface area contributed by atoms with Gasteiger partial charge in [0.1, 0.15) is 12.1 Å². The number of halogens is 1. The number of carbonyl (C=O) groups is 2. The summed E-state index contributed by atoms with van der Waals surface area (Å²) < 4.78 is 25.6. The molecule has 2 aromatic carbocycles. The fourth-order valence-electron chi connectivity index (χ4n) is 2.76. The Labute approximate surface area is 185 Å². The number of hydrogen-bond donors (Lipinski definition) is 1. The van der Waals surface area contributed by atoms with Gasteiger partial charge >= 0.3 is 5.97 Å². The second kappa shape index (κ2) is 9.88. The molecule has 0 spiro atoms. The smallest absolute Gasteiger partial charge is 0.316 e. The first-order valence-corrected chi connectivity index (χ1v) is 10.3. The maximum absolute atomic E-state index is 14.4. The Morgan fingerprint density at radius 1 is 1.06 bits per heavy atom. The Morgan fingerprint density at radius 2 is 1.84 bits per heavy atom. The van der Waals surface area contributed by atoms with Gasteiger partial charge in [-0.25, -0.2) is 4.39 Å². The molecule has 0 radical (unpaired) electrons. The molecule has 32 heavy (non-hydrogen) atoms. The maximum atomic E-state index is 14.4. The van der Waals surface area contributed by atoms with E-state index in [9.17, 15) is 14.0 Å². The van der Waals surface area contributed by atoms with E-state index in [-0.39, 0.29) is 17.1 Å². The molecule has 1 N–H and O–H groups in total. The monoisotopic (exact) mass is 453 g/mol. The van der Waals surface area contributed by atoms with Crippen LogP contribution in [0.2, 0.25) is 0 Å². The van der Waals surface area contributed by atoms with E-state index in [1.54, 1.807) is 22.8 Å². The van der Waals surface area contributed by atoms with Crippen molar-refractivity contribution >= 4 is 29.5 Å². The molecule has 0 aliphatic carbocycles. The number of carbonyl (C=O) groups excluding carboxylic acids is 2. The Hall–Kier alpha value is -3.99. The minimum absolute atomic E-state index is 0.126. The molecule has 2 aromatic heterocycles. The topological polar surface area (TPSA) is 112 Å². The van der Waals surface area contributed by atoms with Crippen molar-refractivity contribution in [1.29, 1.82) is 0 Å². The van der Waals surface area contributed by atoms with Crippen LogP contribution in [-0.4, -0.2) is 44.2 Å². The van der Waals surface area contributed by atoms with Crippen LogP contribution in [0, 0.1) is 5.82 Å². The third-order valence-corrected chi connectivity index (χ3v) is 5.05. The highest BCUT2D eigenvalue weighted by Gasteiger charge is 2.20. The summed E-state index contributed by atoms with van der Waals surface area (Å²) in [4.78, 5) is 23.9. The number of amides is 1. The minimum Gasteiger partial charge on any atom is -0.455 e. The molecule has 162 valence electrons. The zero-order valence-corrected chi connectivity index (χ0v) is 17.3. The van der Waals surface area contributed by atoms with E-state index in [1.807, 2.05) is 30.3 Å². The van der Waals surface area contributed by atoms with Crippen molar-refractivity contribution < 1.29 is 23.2 Å². The average Bonchev–Trinajstić information content (AvgIpc) is 3.47. The van der Waals surface area contributed by atoms with Gasteiger partial charge in [-0.2, -0.15) is 0 Å². The number of anilines is 1. The quantitative estimate of drug-likeness (QED) is 0.319. The van der Waals surface area contributed by atoms with Gasteiger partial charge in [-0.3, -0.25) is 14.2 Å². The number of aromatic nitrogens is 4. The zero-order valence-electron chi connectivity index (χ0n) is 16.5. The molecule has 0 aliphatic heterocycles. The van der Waals surface area contributed by atoms with E-state index in [0.29, 0.717) is 16.7 Å². The van der Waals surface area contributed by atoms with Crippen LogP contribution < -0.4 is 5.32 Å². The molecule has 11 heteroatoms. The predicted octanol–water partition coefficient (Wildman–Crippen LogP) is 3.34. The Balaban J connectivity index is 1.46. The molecule has 0 aliphatic rings. The molecular formula is C21H16FN5O4S. The van der Waals surface area contributed by atoms with Gasteiger partial charge in [0.15, 0.2) is 23.4 Å². The molecule has 9 nitrogen and oxygen atoms in total. The van der Waals surface area contributed by atoms with E-state index < -0.39 is 24.3 Å². The van der Waals surface area contributed by atoms with Gasteiger partial charge in [-0.1, -0.05) is 47.3 Å². The summed E-state index contributed by atoms with van der Waals surface area (Å²) in [6, 6.07) is 16.9. The van der Waals surface area contributed by atoms with Crippen LogP contribution in [0.3, 0.4) is 0 Å². The van der Waals surface area contributed by atoms with Crippen LogP contribution in [0.5, 0.6) is 0 Å². The highest BCUT2D eigenvalue weighted by atomic mass is 32.2. The van der Waals surface area contributed by atoms with Gasteiger partial charge < -0.3 is 14.6 Å². The number of rotatable bonds is 8. The van der Waals surface area contributed by atoms with Crippen molar-refractivity contribution in [1.82, 2.24) is 19.9 Å². The van der Waals surface area contributed by atoms with E-state index in [0.717, 1.165) is 11.8 Å². The summed E-state index contributed by atoms with van der Waals surface area (Å²) in [5.41, 5.74) is 0.987. The van der Waals surface area contributed by atoms with Crippen molar-refractivity contribution in [3.63, 3.8) is 0 Å². The molecule has 0 atom stereocenters. The molecule has 4 aromatic rings. The van der Waals surface area contributed by atoms with Crippen molar-refractivity contribution in [2.75, 3.05) is 17.7 Å². The van der Waals surface area contributed by atoms with Gasteiger partial charge in [-0.05, 0) is 24.3 Å². The summed E-state index contributed by atoms with van der Waals surface area (Å²) in [5, 5.41) is 14.6. The number of nitrogens with zero attached hydrogens (tertiary/aromatic N) is 4. The highest BCUT2D eigenvalue weighted by molar-refractivity contribution is 7.99. The van der Waals surface area contributed by atoms with Gasteiger partial charge in [0.2, 0.25) is 0 Å². The lowest BCUT2D eigenvalue weighted by Crippen LogP contribution is -2.21. The molecule has 0 unspecified atom stereocenters. The average molecular weight is 453 g/mol. The fraction of sp³-hybridized carbons (Fsp3) is 0.0952. The Morgan fingerprint density at radius 3 is 2.59 bits per heavy atom. The van der Waals surface area contributed by atoms with Crippen LogP contribution in [0.4, 0.5) is 10.2 Å². The Bertz CT molecular complexity index is 1210. The number of ether oxygens (including phenoxy) is 1. The molecule has 0 saturated heterocycles. The largest absolute Gasteiger partial charge is 0.455 e. The predicted molar refractivity (Wildman–Crippen MR) is 114 cm³/mol. The molecule has 4 rings (SSSR count). The molecule has 0 fully saturated rings. The standard InChI is InChI=1S/C21H16FN5O4S/c22-16-9-5-4-8-15(16)20-24-25-21(27(20)14-6-2-1-3-7-14)32-13-19(29)30-12-18(28)23-17-10-11-31-26-17/h1-11H,12-13H2,(H,23,26,28). The second-order valence-corrected chi connectivity index (χ2v) is 7.28. The molecule has 0 bridgehead atoms. The number of esters is 1. The van der Waals surface area contributed by atoms with Crippen LogP contribution in [0.15, 0.2) is 76.6 Å². The summed E-state index contributed by atoms with van der Waals surface area (Å²) in [6.45, 7) is -0.474. The number of nitrogens with one attached hydrogen (secondary N) is 1. The van der Waals surface area contributed by atoms with Crippen molar-refractivity contribution in [3.8, 4) is 17.1 Å². The number of benzene rings is 2. The SMILES string of the molecule is O=C(COC(=O)CSc1nnc(-c2ccccc2F)n1-c1ccccc1)Nc1ccon1. The number of thioether (sulfide) groups is 1. The zero-order chi connectivity index (χ0) is 22.3. The summed E-state index contributed by atoms with van der Waals surface area (Å²) in [7, 11) is 0. The number of hydrogen-bond acceptors (Lipinski definition) is 8. The van der Waals surface area contributed by atoms with Crippen LogP contribution >= 0.6 is 11.8 Å². The number of para-hydroxylation sites is 1. The lowest BCUT2D eigenvalue weighted by molar-refractivity contribution is -0.144. The molecule has 2 heterocycles. The van der Waals surface area contributed by atoms with Crippen molar-refractivity contribution in [3.05, 3.63) is 72.7 Å². The molecular weight excluding hydrogens is 437 g/mol. The van der Waals surface area contributed by atoms with Gasteiger partial charge in [0, 0.05) is 11.8 Å². The second-order valence-electron chi connectivity index (χ2n) is 6.34. The highest BCUT2D eigenvalue weighted by Crippen LogP contribution is 2.29. The van der Waals surface area contributed by atoms with Crippen LogP contribution in [0.1, 0.15) is 0 Å². The van der Waals surface area contributed by atoms with E-state index in [4.69, 9.17) is 4.74 Å². The lowest BCUT2D eigenvalue weighted by atomic mass is 10.2. The van der Waals surface area contributed by atoms with Crippen molar-refractivity contribution in [2.45, 2.75) is 5.16 Å². The molecule has 1 amide bonds. The van der Waals surface area contributed by atoms with Crippen molar-refractivity contribution in [2.24, 2.45) is 0 Å².